The lowest BCUT2D eigenvalue weighted by molar-refractivity contribution is -0.149. The van der Waals surface area contributed by atoms with Crippen LogP contribution in [-0.2, 0) is 20.9 Å². The van der Waals surface area contributed by atoms with Gasteiger partial charge < -0.3 is 14.5 Å². The van der Waals surface area contributed by atoms with E-state index in [9.17, 15) is 19.2 Å². The lowest BCUT2D eigenvalue weighted by Gasteiger charge is -2.43. The Hall–Kier alpha value is -3.16. The molecule has 0 bridgehead atoms. The number of rotatable bonds is 5. The van der Waals surface area contributed by atoms with E-state index >= 15 is 0 Å². The first-order chi connectivity index (χ1) is 16.3. The highest BCUT2D eigenvalue weighted by atomic mass is 16.5. The van der Waals surface area contributed by atoms with E-state index in [2.05, 4.69) is 39.9 Å². The van der Waals surface area contributed by atoms with Crippen LogP contribution >= 0.6 is 0 Å². The maximum atomic E-state index is 13.3. The number of hydrogen-bond donors (Lipinski definition) is 1. The summed E-state index contributed by atoms with van der Waals surface area (Å²) in [5, 5.41) is 3.56. The van der Waals surface area contributed by atoms with Gasteiger partial charge in [0.05, 0.1) is 0 Å². The van der Waals surface area contributed by atoms with E-state index in [1.807, 2.05) is 19.1 Å². The first-order valence-electron chi connectivity index (χ1n) is 12.2. The van der Waals surface area contributed by atoms with Gasteiger partial charge in [0.2, 0.25) is 0 Å². The number of carbonyl (C=O) groups excluding carboxylic acids is 3. The van der Waals surface area contributed by atoms with E-state index in [1.165, 1.54) is 6.07 Å². The molecule has 1 saturated carbocycles. The minimum Gasteiger partial charge on any atom is -0.459 e. The van der Waals surface area contributed by atoms with Crippen LogP contribution in [0.4, 0.5) is 4.79 Å². The van der Waals surface area contributed by atoms with Crippen molar-refractivity contribution in [3.05, 3.63) is 45.3 Å². The number of benzene rings is 1. The van der Waals surface area contributed by atoms with Gasteiger partial charge in [-0.2, -0.15) is 0 Å². The third-order valence-corrected chi connectivity index (χ3v) is 7.14. The summed E-state index contributed by atoms with van der Waals surface area (Å²) < 4.78 is 10.8. The molecule has 1 aromatic heterocycles. The molecule has 3 amide bonds. The Balaban J connectivity index is 1.50. The second-order valence-corrected chi connectivity index (χ2v) is 11.4. The molecule has 2 heterocycles. The van der Waals surface area contributed by atoms with Crippen LogP contribution < -0.4 is 10.9 Å². The van der Waals surface area contributed by atoms with Crippen LogP contribution in [0.5, 0.6) is 0 Å². The van der Waals surface area contributed by atoms with Crippen molar-refractivity contribution >= 4 is 28.9 Å². The largest absolute Gasteiger partial charge is 0.459 e. The van der Waals surface area contributed by atoms with Crippen LogP contribution in [0, 0.1) is 18.3 Å². The normalized spacial score (nSPS) is 23.9. The van der Waals surface area contributed by atoms with Crippen molar-refractivity contribution in [3.8, 4) is 0 Å². The zero-order valence-electron chi connectivity index (χ0n) is 21.3. The summed E-state index contributed by atoms with van der Waals surface area (Å²) in [4.78, 5) is 51.7. The van der Waals surface area contributed by atoms with Crippen LogP contribution in [0.3, 0.4) is 0 Å². The molecule has 2 fully saturated rings. The van der Waals surface area contributed by atoms with E-state index in [1.54, 1.807) is 0 Å². The molecular weight excluding hydrogens is 448 g/mol. The van der Waals surface area contributed by atoms with Crippen molar-refractivity contribution in [2.24, 2.45) is 11.3 Å². The second-order valence-electron chi connectivity index (χ2n) is 11.4. The molecule has 35 heavy (non-hydrogen) atoms. The van der Waals surface area contributed by atoms with E-state index < -0.39 is 29.7 Å². The number of nitrogens with zero attached hydrogens (tertiary/aromatic N) is 1. The monoisotopic (exact) mass is 482 g/mol. The fraction of sp³-hybridized carbons (Fsp3) is 0.556. The predicted octanol–water partition coefficient (Wildman–Crippen LogP) is 4.40. The highest BCUT2D eigenvalue weighted by Crippen LogP contribution is 2.46. The minimum atomic E-state index is -0.974. The van der Waals surface area contributed by atoms with Crippen molar-refractivity contribution in [3.63, 3.8) is 0 Å². The Labute approximate surface area is 205 Å². The molecule has 2 atom stereocenters. The van der Waals surface area contributed by atoms with Crippen LogP contribution in [0.1, 0.15) is 76.5 Å². The topological polar surface area (TPSA) is 106 Å². The molecule has 1 aromatic carbocycles. The van der Waals surface area contributed by atoms with Crippen LogP contribution in [0.15, 0.2) is 27.4 Å². The fourth-order valence-electron chi connectivity index (χ4n) is 6.12. The summed E-state index contributed by atoms with van der Waals surface area (Å²) in [6.45, 7) is 11.7. The molecule has 1 aliphatic heterocycles. The van der Waals surface area contributed by atoms with Gasteiger partial charge in [0.15, 0.2) is 0 Å². The number of nitrogens with one attached hydrogen (secondary N) is 1. The predicted molar refractivity (Wildman–Crippen MR) is 131 cm³/mol. The van der Waals surface area contributed by atoms with E-state index in [0.29, 0.717) is 29.4 Å². The van der Waals surface area contributed by atoms with Crippen molar-refractivity contribution in [2.45, 2.75) is 78.9 Å². The molecule has 1 saturated heterocycles. The average Bonchev–Trinajstić information content (AvgIpc) is 2.92. The second kappa shape index (κ2) is 8.81. The molecule has 2 aromatic rings. The van der Waals surface area contributed by atoms with E-state index in [4.69, 9.17) is 9.15 Å². The highest BCUT2D eigenvalue weighted by molar-refractivity contribution is 6.08. The number of esters is 1. The number of amides is 3. The Kier molecular flexibility index (Phi) is 6.28. The van der Waals surface area contributed by atoms with Crippen molar-refractivity contribution < 1.29 is 23.5 Å². The summed E-state index contributed by atoms with van der Waals surface area (Å²) >= 11 is 0. The number of fused-ring (bicyclic) bond motifs is 1. The summed E-state index contributed by atoms with van der Waals surface area (Å²) in [6, 6.07) is 4.51. The summed E-state index contributed by atoms with van der Waals surface area (Å²) in [6.07, 6.45) is 2.05. The molecule has 188 valence electrons. The van der Waals surface area contributed by atoms with Gasteiger partial charge in [-0.3, -0.25) is 14.5 Å². The number of imide groups is 1. The first-order valence-corrected chi connectivity index (χ1v) is 12.2. The minimum absolute atomic E-state index is 0.0974. The van der Waals surface area contributed by atoms with E-state index in [0.717, 1.165) is 22.4 Å². The van der Waals surface area contributed by atoms with Crippen LogP contribution in [0.2, 0.25) is 0 Å². The van der Waals surface area contributed by atoms with Gasteiger partial charge in [0, 0.05) is 17.0 Å². The zero-order chi connectivity index (χ0) is 25.7. The molecule has 2 aliphatic rings. The SMILES string of the molecule is Cc1cc2oc(=O)cc(COC(=O)CN3C(=O)N[C@]4(C[C@H](C)CC(C)(C)C4)C3=O)c2cc1C(C)C. The molecule has 1 spiro atoms. The van der Waals surface area contributed by atoms with Crippen molar-refractivity contribution in [1.82, 2.24) is 10.2 Å². The number of hydrogen-bond acceptors (Lipinski definition) is 6. The van der Waals surface area contributed by atoms with Gasteiger partial charge in [-0.1, -0.05) is 34.6 Å². The average molecular weight is 483 g/mol. The van der Waals surface area contributed by atoms with Crippen molar-refractivity contribution in [2.75, 3.05) is 6.54 Å². The molecule has 8 heteroatoms. The Morgan fingerprint density at radius 2 is 1.91 bits per heavy atom. The molecule has 4 rings (SSSR count). The third-order valence-electron chi connectivity index (χ3n) is 7.14. The molecular formula is C27H34N2O6. The maximum Gasteiger partial charge on any atom is 0.336 e. The highest BCUT2D eigenvalue weighted by Gasteiger charge is 2.56. The lowest BCUT2D eigenvalue weighted by atomic mass is 9.64. The number of aryl methyl sites for hydroxylation is 1. The van der Waals surface area contributed by atoms with Gasteiger partial charge in [-0.05, 0) is 66.7 Å². The molecule has 1 aliphatic carbocycles. The number of carbonyl (C=O) groups is 3. The van der Waals surface area contributed by atoms with Crippen molar-refractivity contribution in [1.29, 1.82) is 0 Å². The summed E-state index contributed by atoms with van der Waals surface area (Å²) in [5.41, 5.74) is 1.45. The Morgan fingerprint density at radius 3 is 2.57 bits per heavy atom. The quantitative estimate of drug-likeness (QED) is 0.385. The standard InChI is InChI=1S/C27H34N2O6/c1-15(2)19-9-20-18(8-22(30)35-21(20)7-17(19)4)13-34-23(31)12-29-24(32)27(28-25(29)33)11-16(3)10-26(5,6)14-27/h7-9,15-16H,10-14H2,1-6H3,(H,28,33)/t16-,27+/m1/s1. The summed E-state index contributed by atoms with van der Waals surface area (Å²) in [7, 11) is 0. The maximum absolute atomic E-state index is 13.3. The van der Waals surface area contributed by atoms with Gasteiger partial charge >= 0.3 is 17.6 Å². The zero-order valence-corrected chi connectivity index (χ0v) is 21.3. The first kappa shape index (κ1) is 24.9. The van der Waals surface area contributed by atoms with Gasteiger partial charge in [0.1, 0.15) is 24.3 Å². The third kappa shape index (κ3) is 4.83. The smallest absolute Gasteiger partial charge is 0.336 e. The van der Waals surface area contributed by atoms with Gasteiger partial charge in [-0.15, -0.1) is 0 Å². The van der Waals surface area contributed by atoms with Crippen LogP contribution in [-0.4, -0.2) is 34.9 Å². The Bertz CT molecular complexity index is 1260. The lowest BCUT2D eigenvalue weighted by Crippen LogP contribution is -2.54. The molecule has 0 radical (unpaired) electrons. The van der Waals surface area contributed by atoms with E-state index in [-0.39, 0.29) is 29.8 Å². The van der Waals surface area contributed by atoms with Gasteiger partial charge in [0.25, 0.3) is 5.91 Å². The summed E-state index contributed by atoms with van der Waals surface area (Å²) in [5.74, 6) is -0.554. The Morgan fingerprint density at radius 1 is 1.20 bits per heavy atom. The molecule has 0 unspecified atom stereocenters. The van der Waals surface area contributed by atoms with Crippen LogP contribution in [0.25, 0.3) is 11.0 Å². The number of ether oxygens (including phenoxy) is 1. The molecule has 1 N–H and O–H groups in total. The van der Waals surface area contributed by atoms with Gasteiger partial charge in [-0.25, -0.2) is 9.59 Å². The number of urea groups is 1. The fourth-order valence-corrected chi connectivity index (χ4v) is 6.12. The molecule has 8 nitrogen and oxygen atoms in total.